The van der Waals surface area contributed by atoms with E-state index in [2.05, 4.69) is 10.1 Å². The van der Waals surface area contributed by atoms with Crippen LogP contribution in [0.4, 0.5) is 5.69 Å². The van der Waals surface area contributed by atoms with Crippen LogP contribution < -0.4 is 10.3 Å². The normalized spacial score (nSPS) is 15.8. The third-order valence-electron chi connectivity index (χ3n) is 3.50. The maximum Gasteiger partial charge on any atom is 0.263 e. The first kappa shape index (κ1) is 13.1. The standard InChI is InChI=1S/C15H13N3O3/c19-14-5-7-16-9-11(14)15(20)18-8-6-12(17-21)10-3-1-2-4-13(10)18/h1-5,7,9,21H,6,8H2,(H,16,19)/b17-12-. The molecule has 1 aliphatic heterocycles. The van der Waals surface area contributed by atoms with Crippen molar-refractivity contribution < 1.29 is 10.0 Å². The monoisotopic (exact) mass is 283 g/mol. The lowest BCUT2D eigenvalue weighted by atomic mass is 9.99. The zero-order chi connectivity index (χ0) is 14.8. The summed E-state index contributed by atoms with van der Waals surface area (Å²) in [6, 6.07) is 8.50. The molecular formula is C15H13N3O3. The number of carbonyl (C=O) groups excluding carboxylic acids is 1. The van der Waals surface area contributed by atoms with Gasteiger partial charge in [0.2, 0.25) is 0 Å². The van der Waals surface area contributed by atoms with Crippen LogP contribution in [-0.4, -0.2) is 28.4 Å². The van der Waals surface area contributed by atoms with E-state index in [1.54, 1.807) is 18.2 Å². The van der Waals surface area contributed by atoms with E-state index in [1.807, 2.05) is 6.07 Å². The van der Waals surface area contributed by atoms with Crippen molar-refractivity contribution in [2.75, 3.05) is 11.4 Å². The molecule has 1 aliphatic rings. The molecule has 0 aliphatic carbocycles. The van der Waals surface area contributed by atoms with E-state index in [4.69, 9.17) is 5.21 Å². The maximum atomic E-state index is 12.6. The van der Waals surface area contributed by atoms with Crippen LogP contribution in [-0.2, 0) is 0 Å². The first-order valence-corrected chi connectivity index (χ1v) is 6.51. The number of hydrogen-bond donors (Lipinski definition) is 2. The zero-order valence-corrected chi connectivity index (χ0v) is 11.1. The molecule has 0 atom stereocenters. The average molecular weight is 283 g/mol. The summed E-state index contributed by atoms with van der Waals surface area (Å²) in [7, 11) is 0. The lowest BCUT2D eigenvalue weighted by molar-refractivity contribution is 0.0985. The van der Waals surface area contributed by atoms with Gasteiger partial charge in [-0.15, -0.1) is 0 Å². The Labute approximate surface area is 120 Å². The Morgan fingerprint density at radius 1 is 1.29 bits per heavy atom. The number of nitrogens with one attached hydrogen (secondary N) is 1. The number of fused-ring (bicyclic) bond motifs is 1. The number of aromatic nitrogens is 1. The van der Waals surface area contributed by atoms with Gasteiger partial charge in [0, 0.05) is 37.0 Å². The van der Waals surface area contributed by atoms with Crippen LogP contribution in [0.3, 0.4) is 0 Å². The molecule has 6 heteroatoms. The fourth-order valence-electron chi connectivity index (χ4n) is 2.47. The number of nitrogens with zero attached hydrogens (tertiary/aromatic N) is 2. The molecule has 1 aromatic heterocycles. The molecule has 21 heavy (non-hydrogen) atoms. The van der Waals surface area contributed by atoms with Crippen LogP contribution in [0.25, 0.3) is 0 Å². The molecule has 3 rings (SSSR count). The third kappa shape index (κ3) is 2.20. The van der Waals surface area contributed by atoms with Crippen LogP contribution in [0.1, 0.15) is 22.3 Å². The van der Waals surface area contributed by atoms with Crippen molar-refractivity contribution in [1.82, 2.24) is 4.98 Å². The number of pyridine rings is 1. The lowest BCUT2D eigenvalue weighted by Crippen LogP contribution is -2.39. The fraction of sp³-hybridized carbons (Fsp3) is 0.133. The summed E-state index contributed by atoms with van der Waals surface area (Å²) < 4.78 is 0. The number of carbonyl (C=O) groups is 1. The highest BCUT2D eigenvalue weighted by Crippen LogP contribution is 2.28. The van der Waals surface area contributed by atoms with Gasteiger partial charge in [0.25, 0.3) is 5.91 Å². The van der Waals surface area contributed by atoms with Crippen LogP contribution in [0.2, 0.25) is 0 Å². The lowest BCUT2D eigenvalue weighted by Gasteiger charge is -2.29. The summed E-state index contributed by atoms with van der Waals surface area (Å²) in [6.45, 7) is 0.365. The zero-order valence-electron chi connectivity index (χ0n) is 11.1. The Balaban J connectivity index is 2.07. The summed E-state index contributed by atoms with van der Waals surface area (Å²) in [6.07, 6.45) is 3.33. The number of oxime groups is 1. The van der Waals surface area contributed by atoms with Gasteiger partial charge in [-0.3, -0.25) is 9.59 Å². The predicted octanol–water partition coefficient (Wildman–Crippen LogP) is 1.60. The Hall–Kier alpha value is -2.89. The van der Waals surface area contributed by atoms with Crippen molar-refractivity contribution in [1.29, 1.82) is 0 Å². The van der Waals surface area contributed by atoms with Gasteiger partial charge >= 0.3 is 0 Å². The molecule has 2 N–H and O–H groups in total. The second kappa shape index (κ2) is 5.24. The molecule has 0 radical (unpaired) electrons. The highest BCUT2D eigenvalue weighted by molar-refractivity contribution is 6.14. The highest BCUT2D eigenvalue weighted by atomic mass is 16.4. The number of para-hydroxylation sites is 1. The van der Waals surface area contributed by atoms with Crippen LogP contribution in [0.5, 0.6) is 0 Å². The summed E-state index contributed by atoms with van der Waals surface area (Å²) in [5, 5.41) is 12.3. The van der Waals surface area contributed by atoms with Crippen molar-refractivity contribution in [2.45, 2.75) is 6.42 Å². The molecular weight excluding hydrogens is 270 g/mol. The quantitative estimate of drug-likeness (QED) is 0.615. The SMILES string of the molecule is O=C(c1c[nH]ccc1=O)N1CC/C(=N/O)c2ccccc21. The van der Waals surface area contributed by atoms with Crippen molar-refractivity contribution in [3.8, 4) is 0 Å². The van der Waals surface area contributed by atoms with Gasteiger partial charge in [-0.2, -0.15) is 0 Å². The van der Waals surface area contributed by atoms with Crippen molar-refractivity contribution in [3.05, 3.63) is 64.1 Å². The van der Waals surface area contributed by atoms with Gasteiger partial charge in [0.15, 0.2) is 5.43 Å². The van der Waals surface area contributed by atoms with E-state index in [0.29, 0.717) is 29.9 Å². The minimum atomic E-state index is -0.360. The van der Waals surface area contributed by atoms with Gasteiger partial charge in [-0.25, -0.2) is 0 Å². The Morgan fingerprint density at radius 2 is 2.10 bits per heavy atom. The van der Waals surface area contributed by atoms with Gasteiger partial charge in [0.1, 0.15) is 5.56 Å². The molecule has 1 aromatic carbocycles. The fourth-order valence-corrected chi connectivity index (χ4v) is 2.47. The Bertz CT molecular complexity index is 779. The summed E-state index contributed by atoms with van der Waals surface area (Å²) >= 11 is 0. The average Bonchev–Trinajstić information content (AvgIpc) is 2.53. The molecule has 106 valence electrons. The number of rotatable bonds is 1. The van der Waals surface area contributed by atoms with Crippen molar-refractivity contribution in [3.63, 3.8) is 0 Å². The van der Waals surface area contributed by atoms with E-state index < -0.39 is 0 Å². The topological polar surface area (TPSA) is 85.8 Å². The number of H-pyrrole nitrogens is 1. The summed E-state index contributed by atoms with van der Waals surface area (Å²) in [5.74, 6) is -0.360. The van der Waals surface area contributed by atoms with Gasteiger partial charge in [0.05, 0.1) is 11.4 Å². The Kier molecular flexibility index (Phi) is 3.27. The van der Waals surface area contributed by atoms with Gasteiger partial charge in [-0.05, 0) is 6.07 Å². The van der Waals surface area contributed by atoms with Gasteiger partial charge in [-0.1, -0.05) is 23.4 Å². The van der Waals surface area contributed by atoms with E-state index in [-0.39, 0.29) is 16.9 Å². The number of hydrogen-bond acceptors (Lipinski definition) is 4. The molecule has 0 spiro atoms. The minimum Gasteiger partial charge on any atom is -0.411 e. The number of aromatic amines is 1. The number of anilines is 1. The van der Waals surface area contributed by atoms with Crippen LogP contribution in [0, 0.1) is 0 Å². The van der Waals surface area contributed by atoms with Crippen LogP contribution >= 0.6 is 0 Å². The Morgan fingerprint density at radius 3 is 2.86 bits per heavy atom. The first-order valence-electron chi connectivity index (χ1n) is 6.51. The molecule has 2 heterocycles. The van der Waals surface area contributed by atoms with Crippen molar-refractivity contribution >= 4 is 17.3 Å². The van der Waals surface area contributed by atoms with E-state index in [0.717, 1.165) is 0 Å². The second-order valence-electron chi connectivity index (χ2n) is 4.69. The third-order valence-corrected chi connectivity index (χ3v) is 3.50. The molecule has 0 saturated carbocycles. The van der Waals surface area contributed by atoms with E-state index in [1.165, 1.54) is 23.4 Å². The summed E-state index contributed by atoms with van der Waals surface area (Å²) in [4.78, 5) is 28.7. The largest absolute Gasteiger partial charge is 0.411 e. The molecule has 0 unspecified atom stereocenters. The molecule has 1 amide bonds. The molecule has 2 aromatic rings. The molecule has 6 nitrogen and oxygen atoms in total. The molecule has 0 fully saturated rings. The second-order valence-corrected chi connectivity index (χ2v) is 4.69. The molecule has 0 bridgehead atoms. The van der Waals surface area contributed by atoms with Crippen molar-refractivity contribution in [2.24, 2.45) is 5.16 Å². The first-order chi connectivity index (χ1) is 10.2. The highest BCUT2D eigenvalue weighted by Gasteiger charge is 2.27. The van der Waals surface area contributed by atoms with Crippen LogP contribution in [0.15, 0.2) is 52.7 Å². The van der Waals surface area contributed by atoms with E-state index >= 15 is 0 Å². The number of benzene rings is 1. The summed E-state index contributed by atoms with van der Waals surface area (Å²) in [5.41, 5.74) is 1.66. The number of amides is 1. The maximum absolute atomic E-state index is 12.6. The predicted molar refractivity (Wildman–Crippen MR) is 78.1 cm³/mol. The minimum absolute atomic E-state index is 0.0942. The molecule has 0 saturated heterocycles. The van der Waals surface area contributed by atoms with Gasteiger partial charge < -0.3 is 15.1 Å². The van der Waals surface area contributed by atoms with E-state index in [9.17, 15) is 9.59 Å². The smallest absolute Gasteiger partial charge is 0.263 e.